The van der Waals surface area contributed by atoms with Gasteiger partial charge in [0.1, 0.15) is 0 Å². The lowest BCUT2D eigenvalue weighted by Gasteiger charge is -2.45. The maximum Gasteiger partial charge on any atom is 0.236 e. The van der Waals surface area contributed by atoms with Gasteiger partial charge in [0.05, 0.1) is 17.1 Å². The number of allylic oxidation sites excluding steroid dienone is 1. The third kappa shape index (κ3) is 4.36. The third-order valence-electron chi connectivity index (χ3n) is 5.33. The number of aryl methyl sites for hydroxylation is 1. The molecule has 0 amide bonds. The molecule has 1 saturated heterocycles. The summed E-state index contributed by atoms with van der Waals surface area (Å²) in [7, 11) is -3.47. The SMILES string of the molecule is CC1CN(C(C)(C)CNS(=O)(=O)C2=Cc3ccccc3CC2)CC(C)O1. The summed E-state index contributed by atoms with van der Waals surface area (Å²) in [6, 6.07) is 7.98. The maximum absolute atomic E-state index is 12.8. The normalized spacial score (nSPS) is 24.8. The molecule has 1 fully saturated rings. The molecule has 2 unspecified atom stereocenters. The molecule has 6 heteroatoms. The standard InChI is InChI=1S/C20H30N2O3S/c1-15-12-22(13-16(2)25-15)20(3,4)14-21-26(23,24)19-10-9-17-7-5-6-8-18(17)11-19/h5-8,11,15-16,21H,9-10,12-14H2,1-4H3. The van der Waals surface area contributed by atoms with Crippen molar-refractivity contribution in [3.63, 3.8) is 0 Å². The lowest BCUT2D eigenvalue weighted by Crippen LogP contribution is -2.58. The molecular weight excluding hydrogens is 348 g/mol. The number of morpholine rings is 1. The van der Waals surface area contributed by atoms with E-state index in [1.807, 2.05) is 24.3 Å². The Kier molecular flexibility index (Phi) is 5.58. The van der Waals surface area contributed by atoms with E-state index in [4.69, 9.17) is 4.74 Å². The molecule has 1 N–H and O–H groups in total. The van der Waals surface area contributed by atoms with Crippen LogP contribution in [-0.4, -0.2) is 50.7 Å². The van der Waals surface area contributed by atoms with Crippen LogP contribution in [0.3, 0.4) is 0 Å². The van der Waals surface area contributed by atoms with Crippen LogP contribution in [0.2, 0.25) is 0 Å². The molecule has 5 nitrogen and oxygen atoms in total. The zero-order valence-corrected chi connectivity index (χ0v) is 17.0. The molecule has 0 bridgehead atoms. The van der Waals surface area contributed by atoms with Crippen LogP contribution in [0, 0.1) is 0 Å². The molecule has 0 saturated carbocycles. The minimum atomic E-state index is -3.47. The highest BCUT2D eigenvalue weighted by Crippen LogP contribution is 2.27. The number of sulfonamides is 1. The quantitative estimate of drug-likeness (QED) is 0.856. The Labute approximate surface area is 157 Å². The van der Waals surface area contributed by atoms with Crippen molar-refractivity contribution in [2.45, 2.75) is 58.3 Å². The van der Waals surface area contributed by atoms with Crippen molar-refractivity contribution in [3.05, 3.63) is 40.3 Å². The van der Waals surface area contributed by atoms with Crippen LogP contribution in [0.15, 0.2) is 29.2 Å². The molecule has 2 atom stereocenters. The molecule has 1 heterocycles. The lowest BCUT2D eigenvalue weighted by molar-refractivity contribution is -0.0944. The minimum absolute atomic E-state index is 0.159. The molecule has 1 aromatic carbocycles. The smallest absolute Gasteiger partial charge is 0.236 e. The van der Waals surface area contributed by atoms with Crippen molar-refractivity contribution in [1.82, 2.24) is 9.62 Å². The van der Waals surface area contributed by atoms with E-state index in [1.54, 1.807) is 0 Å². The van der Waals surface area contributed by atoms with Gasteiger partial charge in [-0.25, -0.2) is 13.1 Å². The van der Waals surface area contributed by atoms with Gasteiger partial charge in [0, 0.05) is 25.2 Å². The van der Waals surface area contributed by atoms with E-state index < -0.39 is 10.0 Å². The number of nitrogens with one attached hydrogen (secondary N) is 1. The molecule has 3 rings (SSSR count). The first kappa shape index (κ1) is 19.5. The Bertz CT molecular complexity index is 776. The Morgan fingerprint density at radius 1 is 1.15 bits per heavy atom. The van der Waals surface area contributed by atoms with Crippen LogP contribution in [0.5, 0.6) is 0 Å². The molecule has 1 aliphatic carbocycles. The number of benzene rings is 1. The second-order valence-electron chi connectivity index (χ2n) is 8.11. The van der Waals surface area contributed by atoms with Crippen molar-refractivity contribution in [3.8, 4) is 0 Å². The second-order valence-corrected chi connectivity index (χ2v) is 9.93. The summed E-state index contributed by atoms with van der Waals surface area (Å²) in [5.41, 5.74) is 1.95. The Hall–Kier alpha value is -1.21. The van der Waals surface area contributed by atoms with Crippen LogP contribution < -0.4 is 4.72 Å². The number of nitrogens with zero attached hydrogens (tertiary/aromatic N) is 1. The van der Waals surface area contributed by atoms with Gasteiger partial charge in [-0.2, -0.15) is 0 Å². The minimum Gasteiger partial charge on any atom is -0.373 e. The number of hydrogen-bond acceptors (Lipinski definition) is 4. The molecule has 1 aliphatic heterocycles. The first-order chi connectivity index (χ1) is 12.2. The van der Waals surface area contributed by atoms with Crippen LogP contribution >= 0.6 is 0 Å². The average Bonchev–Trinajstić information content (AvgIpc) is 2.59. The number of fused-ring (bicyclic) bond motifs is 1. The molecule has 0 spiro atoms. The fraction of sp³-hybridized carbons (Fsp3) is 0.600. The van der Waals surface area contributed by atoms with Crippen LogP contribution in [-0.2, 0) is 21.2 Å². The van der Waals surface area contributed by atoms with Crippen LogP contribution in [0.4, 0.5) is 0 Å². The molecule has 26 heavy (non-hydrogen) atoms. The van der Waals surface area contributed by atoms with E-state index >= 15 is 0 Å². The Morgan fingerprint density at radius 2 is 1.81 bits per heavy atom. The molecule has 2 aliphatic rings. The van der Waals surface area contributed by atoms with Gasteiger partial charge in [-0.3, -0.25) is 4.90 Å². The van der Waals surface area contributed by atoms with E-state index in [2.05, 4.69) is 43.4 Å². The number of hydrogen-bond donors (Lipinski definition) is 1. The van der Waals surface area contributed by atoms with Crippen molar-refractivity contribution >= 4 is 16.1 Å². The van der Waals surface area contributed by atoms with E-state index in [9.17, 15) is 8.42 Å². The highest BCUT2D eigenvalue weighted by molar-refractivity contribution is 7.93. The van der Waals surface area contributed by atoms with E-state index in [1.165, 1.54) is 5.56 Å². The van der Waals surface area contributed by atoms with E-state index in [0.717, 1.165) is 25.1 Å². The predicted molar refractivity (Wildman–Crippen MR) is 105 cm³/mol. The predicted octanol–water partition coefficient (Wildman–Crippen LogP) is 2.78. The zero-order chi connectivity index (χ0) is 18.9. The third-order valence-corrected chi connectivity index (χ3v) is 6.86. The first-order valence-electron chi connectivity index (χ1n) is 9.36. The largest absolute Gasteiger partial charge is 0.373 e. The van der Waals surface area contributed by atoms with Gasteiger partial charge in [-0.1, -0.05) is 24.3 Å². The second kappa shape index (κ2) is 7.43. The lowest BCUT2D eigenvalue weighted by atomic mass is 9.98. The summed E-state index contributed by atoms with van der Waals surface area (Å²) in [6.45, 7) is 10.3. The summed E-state index contributed by atoms with van der Waals surface area (Å²) in [6.07, 6.45) is 3.45. The Balaban J connectivity index is 1.69. The number of rotatable bonds is 5. The van der Waals surface area contributed by atoms with E-state index in [0.29, 0.717) is 17.9 Å². The van der Waals surface area contributed by atoms with E-state index in [-0.39, 0.29) is 17.7 Å². The molecule has 0 radical (unpaired) electrons. The average molecular weight is 379 g/mol. The molecule has 144 valence electrons. The van der Waals surface area contributed by atoms with Gasteiger partial charge in [-0.05, 0) is 57.7 Å². The van der Waals surface area contributed by atoms with Gasteiger partial charge in [0.15, 0.2) is 0 Å². The van der Waals surface area contributed by atoms with Gasteiger partial charge in [-0.15, -0.1) is 0 Å². The van der Waals surface area contributed by atoms with Gasteiger partial charge in [0.2, 0.25) is 10.0 Å². The summed E-state index contributed by atoms with van der Waals surface area (Å²) in [4.78, 5) is 2.80. The van der Waals surface area contributed by atoms with Crippen molar-refractivity contribution in [2.75, 3.05) is 19.6 Å². The summed E-state index contributed by atoms with van der Waals surface area (Å²) in [5, 5.41) is 0. The highest BCUT2D eigenvalue weighted by atomic mass is 32.2. The fourth-order valence-electron chi connectivity index (χ4n) is 3.77. The van der Waals surface area contributed by atoms with Crippen LogP contribution in [0.25, 0.3) is 6.08 Å². The molecular formula is C20H30N2O3S. The number of ether oxygens (including phenoxy) is 1. The fourth-order valence-corrected chi connectivity index (χ4v) is 5.15. The first-order valence-corrected chi connectivity index (χ1v) is 10.8. The van der Waals surface area contributed by atoms with Crippen molar-refractivity contribution in [1.29, 1.82) is 0 Å². The van der Waals surface area contributed by atoms with Gasteiger partial charge < -0.3 is 4.74 Å². The maximum atomic E-state index is 12.8. The monoisotopic (exact) mass is 378 g/mol. The van der Waals surface area contributed by atoms with Crippen LogP contribution in [0.1, 0.15) is 45.2 Å². The van der Waals surface area contributed by atoms with Crippen molar-refractivity contribution in [2.24, 2.45) is 0 Å². The zero-order valence-electron chi connectivity index (χ0n) is 16.2. The van der Waals surface area contributed by atoms with Crippen molar-refractivity contribution < 1.29 is 13.2 Å². The molecule has 0 aromatic heterocycles. The molecule has 1 aromatic rings. The summed E-state index contributed by atoms with van der Waals surface area (Å²) in [5.74, 6) is 0. The Morgan fingerprint density at radius 3 is 2.50 bits per heavy atom. The topological polar surface area (TPSA) is 58.6 Å². The summed E-state index contributed by atoms with van der Waals surface area (Å²) < 4.78 is 34.3. The van der Waals surface area contributed by atoms with Gasteiger partial charge in [0.25, 0.3) is 0 Å². The van der Waals surface area contributed by atoms with Gasteiger partial charge >= 0.3 is 0 Å². The summed E-state index contributed by atoms with van der Waals surface area (Å²) >= 11 is 0. The highest BCUT2D eigenvalue weighted by Gasteiger charge is 2.34.